The molecule has 8 heteroatoms. The molecule has 3 rings (SSSR count). The van der Waals surface area contributed by atoms with Crippen LogP contribution < -0.4 is 10.0 Å². The van der Waals surface area contributed by atoms with Crippen molar-refractivity contribution in [3.05, 3.63) is 95.1 Å². The van der Waals surface area contributed by atoms with E-state index in [1.807, 2.05) is 13.0 Å². The van der Waals surface area contributed by atoms with Crippen LogP contribution in [0.4, 0.5) is 14.5 Å². The van der Waals surface area contributed by atoms with Gasteiger partial charge >= 0.3 is 0 Å². The maximum absolute atomic E-state index is 13.7. The molecule has 0 aromatic heterocycles. The lowest BCUT2D eigenvalue weighted by molar-refractivity contribution is 0.0950. The van der Waals surface area contributed by atoms with Crippen LogP contribution in [0.25, 0.3) is 0 Å². The first-order valence-electron chi connectivity index (χ1n) is 8.66. The fourth-order valence-electron chi connectivity index (χ4n) is 2.68. The number of nitrogens with one attached hydrogen (secondary N) is 2. The monoisotopic (exact) mass is 416 g/mol. The van der Waals surface area contributed by atoms with E-state index in [-0.39, 0.29) is 22.6 Å². The van der Waals surface area contributed by atoms with Gasteiger partial charge in [0.2, 0.25) is 0 Å². The Morgan fingerprint density at radius 2 is 1.72 bits per heavy atom. The summed E-state index contributed by atoms with van der Waals surface area (Å²) in [5.74, 6) is -1.88. The van der Waals surface area contributed by atoms with E-state index in [9.17, 15) is 22.0 Å². The molecule has 1 amide bonds. The normalized spacial score (nSPS) is 11.1. The van der Waals surface area contributed by atoms with Gasteiger partial charge in [-0.25, -0.2) is 17.2 Å². The molecule has 0 fully saturated rings. The molecule has 2 N–H and O–H groups in total. The first-order valence-corrected chi connectivity index (χ1v) is 10.1. The number of benzene rings is 3. The summed E-state index contributed by atoms with van der Waals surface area (Å²) in [6.07, 6.45) is 0. The number of halogens is 2. The minimum Gasteiger partial charge on any atom is -0.348 e. The van der Waals surface area contributed by atoms with Crippen molar-refractivity contribution >= 4 is 21.6 Å². The molecule has 0 atom stereocenters. The molecule has 0 spiro atoms. The Bertz CT molecular complexity index is 1160. The van der Waals surface area contributed by atoms with Crippen LogP contribution in [0.1, 0.15) is 21.5 Å². The summed E-state index contributed by atoms with van der Waals surface area (Å²) in [5.41, 5.74) is 1.36. The van der Waals surface area contributed by atoms with Crippen LogP contribution in [-0.4, -0.2) is 14.3 Å². The molecule has 0 unspecified atom stereocenters. The van der Waals surface area contributed by atoms with Crippen LogP contribution in [-0.2, 0) is 16.6 Å². The smallest absolute Gasteiger partial charge is 0.261 e. The molecule has 0 saturated heterocycles. The molecule has 150 valence electrons. The second-order valence-corrected chi connectivity index (χ2v) is 8.10. The van der Waals surface area contributed by atoms with Gasteiger partial charge in [-0.05, 0) is 61.0 Å². The van der Waals surface area contributed by atoms with E-state index in [0.717, 1.165) is 23.8 Å². The Hall–Kier alpha value is -3.26. The molecular formula is C21H18F2N2O3S. The molecule has 0 aliphatic rings. The second kappa shape index (κ2) is 8.40. The highest BCUT2D eigenvalue weighted by Gasteiger charge is 2.17. The van der Waals surface area contributed by atoms with Crippen LogP contribution in [0.5, 0.6) is 0 Å². The highest BCUT2D eigenvalue weighted by molar-refractivity contribution is 7.92. The third-order valence-electron chi connectivity index (χ3n) is 4.12. The van der Waals surface area contributed by atoms with Crippen molar-refractivity contribution in [3.63, 3.8) is 0 Å². The Morgan fingerprint density at radius 1 is 0.966 bits per heavy atom. The highest BCUT2D eigenvalue weighted by atomic mass is 32.2. The van der Waals surface area contributed by atoms with E-state index in [4.69, 9.17) is 0 Å². The molecule has 0 heterocycles. The van der Waals surface area contributed by atoms with E-state index in [2.05, 4.69) is 10.0 Å². The van der Waals surface area contributed by atoms with Gasteiger partial charge in [0.05, 0.1) is 4.90 Å². The number of rotatable bonds is 6. The number of sulfonamides is 1. The zero-order valence-electron chi connectivity index (χ0n) is 15.4. The zero-order valence-corrected chi connectivity index (χ0v) is 16.3. The van der Waals surface area contributed by atoms with Crippen molar-refractivity contribution in [1.29, 1.82) is 0 Å². The van der Waals surface area contributed by atoms with Gasteiger partial charge in [-0.1, -0.05) is 18.2 Å². The van der Waals surface area contributed by atoms with Crippen molar-refractivity contribution in [2.24, 2.45) is 0 Å². The van der Waals surface area contributed by atoms with Gasteiger partial charge in [-0.3, -0.25) is 9.52 Å². The van der Waals surface area contributed by atoms with E-state index < -0.39 is 27.6 Å². The molecule has 29 heavy (non-hydrogen) atoms. The van der Waals surface area contributed by atoms with Gasteiger partial charge in [0.15, 0.2) is 0 Å². The van der Waals surface area contributed by atoms with E-state index >= 15 is 0 Å². The maximum Gasteiger partial charge on any atom is 0.261 e. The van der Waals surface area contributed by atoms with Gasteiger partial charge in [-0.2, -0.15) is 0 Å². The molecule has 0 radical (unpaired) electrons. The lowest BCUT2D eigenvalue weighted by Gasteiger charge is -2.11. The molecule has 0 aliphatic heterocycles. The summed E-state index contributed by atoms with van der Waals surface area (Å²) in [5, 5.41) is 2.46. The quantitative estimate of drug-likeness (QED) is 0.638. The minimum absolute atomic E-state index is 0.0109. The average Bonchev–Trinajstić information content (AvgIpc) is 2.68. The molecule has 5 nitrogen and oxygen atoms in total. The fourth-order valence-corrected chi connectivity index (χ4v) is 3.78. The summed E-state index contributed by atoms with van der Waals surface area (Å²) >= 11 is 0. The standard InChI is InChI=1S/C21H18F2N2O3S/c1-14-4-2-6-18(10-14)25-29(27,28)19-7-3-5-15(12-19)21(26)24-13-16-11-17(22)8-9-20(16)23/h2-12,25H,13H2,1H3,(H,24,26). The average molecular weight is 416 g/mol. The summed E-state index contributed by atoms with van der Waals surface area (Å²) in [6, 6.07) is 15.3. The Kier molecular flexibility index (Phi) is 5.93. The first kappa shape index (κ1) is 20.5. The number of aryl methyl sites for hydroxylation is 1. The predicted octanol–water partition coefficient (Wildman–Crippen LogP) is 4.00. The minimum atomic E-state index is -3.91. The number of carbonyl (C=O) groups excluding carboxylic acids is 1. The molecule has 0 aliphatic carbocycles. The number of hydrogen-bond acceptors (Lipinski definition) is 3. The number of amides is 1. The van der Waals surface area contributed by atoms with E-state index in [1.165, 1.54) is 24.3 Å². The zero-order chi connectivity index (χ0) is 21.0. The predicted molar refractivity (Wildman–Crippen MR) is 106 cm³/mol. The lowest BCUT2D eigenvalue weighted by atomic mass is 10.2. The summed E-state index contributed by atoms with van der Waals surface area (Å²) < 4.78 is 54.6. The SMILES string of the molecule is Cc1cccc(NS(=O)(=O)c2cccc(C(=O)NCc3cc(F)ccc3F)c2)c1. The Balaban J connectivity index is 1.76. The van der Waals surface area contributed by atoms with E-state index in [0.29, 0.717) is 5.69 Å². The lowest BCUT2D eigenvalue weighted by Crippen LogP contribution is -2.24. The topological polar surface area (TPSA) is 75.3 Å². The number of hydrogen-bond donors (Lipinski definition) is 2. The molecule has 0 saturated carbocycles. The van der Waals surface area contributed by atoms with Gasteiger partial charge in [0.1, 0.15) is 11.6 Å². The van der Waals surface area contributed by atoms with Crippen LogP contribution >= 0.6 is 0 Å². The largest absolute Gasteiger partial charge is 0.348 e. The van der Waals surface area contributed by atoms with Crippen LogP contribution in [0, 0.1) is 18.6 Å². The van der Waals surface area contributed by atoms with Gasteiger partial charge in [0, 0.05) is 23.4 Å². The first-order chi connectivity index (χ1) is 13.7. The Labute approximate surface area is 167 Å². The fraction of sp³-hybridized carbons (Fsp3) is 0.0952. The van der Waals surface area contributed by atoms with E-state index in [1.54, 1.807) is 18.2 Å². The molecule has 0 bridgehead atoms. The van der Waals surface area contributed by atoms with Crippen molar-refractivity contribution in [2.75, 3.05) is 4.72 Å². The Morgan fingerprint density at radius 3 is 2.48 bits per heavy atom. The van der Waals surface area contributed by atoms with Crippen LogP contribution in [0.15, 0.2) is 71.6 Å². The second-order valence-electron chi connectivity index (χ2n) is 6.42. The number of carbonyl (C=O) groups is 1. The molecule has 3 aromatic carbocycles. The molecular weight excluding hydrogens is 398 g/mol. The van der Waals surface area contributed by atoms with Crippen LogP contribution in [0.2, 0.25) is 0 Å². The van der Waals surface area contributed by atoms with Gasteiger partial charge in [-0.15, -0.1) is 0 Å². The highest BCUT2D eigenvalue weighted by Crippen LogP contribution is 2.18. The van der Waals surface area contributed by atoms with Gasteiger partial charge in [0.25, 0.3) is 15.9 Å². The van der Waals surface area contributed by atoms with Crippen molar-refractivity contribution in [1.82, 2.24) is 5.32 Å². The maximum atomic E-state index is 13.7. The summed E-state index contributed by atoms with van der Waals surface area (Å²) in [7, 11) is -3.91. The van der Waals surface area contributed by atoms with Crippen molar-refractivity contribution < 1.29 is 22.0 Å². The summed E-state index contributed by atoms with van der Waals surface area (Å²) in [4.78, 5) is 12.3. The number of anilines is 1. The van der Waals surface area contributed by atoms with Gasteiger partial charge < -0.3 is 5.32 Å². The summed E-state index contributed by atoms with van der Waals surface area (Å²) in [6.45, 7) is 1.60. The third kappa shape index (κ3) is 5.17. The van der Waals surface area contributed by atoms with Crippen molar-refractivity contribution in [3.8, 4) is 0 Å². The third-order valence-corrected chi connectivity index (χ3v) is 5.50. The van der Waals surface area contributed by atoms with Crippen molar-refractivity contribution in [2.45, 2.75) is 18.4 Å². The van der Waals surface area contributed by atoms with Crippen LogP contribution in [0.3, 0.4) is 0 Å². The molecule has 3 aromatic rings.